The molecule has 2 aromatic carbocycles. The third-order valence-corrected chi connectivity index (χ3v) is 3.92. The second-order valence-corrected chi connectivity index (χ2v) is 5.76. The van der Waals surface area contributed by atoms with Crippen molar-refractivity contribution in [3.8, 4) is 0 Å². The first-order valence-corrected chi connectivity index (χ1v) is 8.25. The molecule has 4 aromatic rings. The number of nitrogens with zero attached hydrogens (tertiary/aromatic N) is 4. The van der Waals surface area contributed by atoms with E-state index in [1.54, 1.807) is 18.5 Å². The molecular weight excluding hydrogens is 328 g/mol. The maximum absolute atomic E-state index is 12.5. The largest absolute Gasteiger partial charge is 0.452 e. The number of rotatable bonds is 5. The fourth-order valence-corrected chi connectivity index (χ4v) is 2.74. The highest BCUT2D eigenvalue weighted by Crippen LogP contribution is 2.26. The lowest BCUT2D eigenvalue weighted by Crippen LogP contribution is -2.15. The average Bonchev–Trinajstić information content (AvgIpc) is 3.09. The van der Waals surface area contributed by atoms with E-state index in [2.05, 4.69) is 15.1 Å². The third kappa shape index (κ3) is 3.44. The lowest BCUT2D eigenvalue weighted by molar-refractivity contribution is -0.146. The summed E-state index contributed by atoms with van der Waals surface area (Å²) in [6.07, 6.45) is 2.88. The molecular formula is C20H16N4O2. The Hall–Kier alpha value is -3.54. The molecule has 0 unspecified atom stereocenters. The minimum atomic E-state index is -0.472. The van der Waals surface area contributed by atoms with Crippen LogP contribution in [-0.4, -0.2) is 25.6 Å². The Balaban J connectivity index is 1.56. The van der Waals surface area contributed by atoms with E-state index in [-0.39, 0.29) is 6.42 Å². The first-order chi connectivity index (χ1) is 12.8. The lowest BCUT2D eigenvalue weighted by Gasteiger charge is -2.18. The van der Waals surface area contributed by atoms with E-state index in [1.807, 2.05) is 60.7 Å². The van der Waals surface area contributed by atoms with E-state index in [9.17, 15) is 4.79 Å². The quantitative estimate of drug-likeness (QED) is 0.521. The number of esters is 1. The average molecular weight is 344 g/mol. The Morgan fingerprint density at radius 3 is 2.23 bits per heavy atom. The molecule has 0 aliphatic heterocycles. The van der Waals surface area contributed by atoms with Crippen molar-refractivity contribution in [2.24, 2.45) is 0 Å². The van der Waals surface area contributed by atoms with Gasteiger partial charge in [0.15, 0.2) is 11.9 Å². The maximum Gasteiger partial charge on any atom is 0.314 e. The number of carbonyl (C=O) groups excluding carboxylic acids is 1. The van der Waals surface area contributed by atoms with E-state index in [4.69, 9.17) is 4.74 Å². The van der Waals surface area contributed by atoms with Gasteiger partial charge in [-0.1, -0.05) is 60.7 Å². The van der Waals surface area contributed by atoms with Crippen molar-refractivity contribution >= 4 is 11.7 Å². The van der Waals surface area contributed by atoms with Gasteiger partial charge < -0.3 is 4.74 Å². The molecule has 0 aliphatic rings. The van der Waals surface area contributed by atoms with E-state index in [0.717, 1.165) is 11.1 Å². The molecule has 0 amide bonds. The van der Waals surface area contributed by atoms with E-state index < -0.39 is 12.1 Å². The summed E-state index contributed by atoms with van der Waals surface area (Å²) < 4.78 is 7.31. The van der Waals surface area contributed by atoms with Crippen LogP contribution in [0.1, 0.15) is 23.1 Å². The van der Waals surface area contributed by atoms with E-state index in [1.165, 1.54) is 4.52 Å². The number of benzene rings is 2. The van der Waals surface area contributed by atoms with Crippen LogP contribution in [0.15, 0.2) is 79.1 Å². The van der Waals surface area contributed by atoms with Crippen LogP contribution in [0.25, 0.3) is 5.78 Å². The Labute approximate surface area is 150 Å². The van der Waals surface area contributed by atoms with Crippen molar-refractivity contribution in [3.05, 3.63) is 96.1 Å². The van der Waals surface area contributed by atoms with Gasteiger partial charge in [-0.05, 0) is 17.2 Å². The Bertz CT molecular complexity index is 943. The van der Waals surface area contributed by atoms with Gasteiger partial charge in [0.05, 0.1) is 0 Å². The highest BCUT2D eigenvalue weighted by molar-refractivity contribution is 5.72. The van der Waals surface area contributed by atoms with Crippen molar-refractivity contribution < 1.29 is 9.53 Å². The predicted molar refractivity (Wildman–Crippen MR) is 95.3 cm³/mol. The molecule has 0 spiro atoms. The number of hydrogen-bond acceptors (Lipinski definition) is 5. The van der Waals surface area contributed by atoms with Gasteiger partial charge in [0.1, 0.15) is 6.42 Å². The second-order valence-electron chi connectivity index (χ2n) is 5.76. The lowest BCUT2D eigenvalue weighted by atomic mass is 10.0. The monoisotopic (exact) mass is 344 g/mol. The van der Waals surface area contributed by atoms with Crippen LogP contribution in [0.2, 0.25) is 0 Å². The van der Waals surface area contributed by atoms with Crippen LogP contribution in [0.4, 0.5) is 0 Å². The van der Waals surface area contributed by atoms with Crippen molar-refractivity contribution in [3.63, 3.8) is 0 Å². The minimum absolute atomic E-state index is 0.0144. The van der Waals surface area contributed by atoms with Crippen molar-refractivity contribution in [2.45, 2.75) is 12.5 Å². The van der Waals surface area contributed by atoms with Gasteiger partial charge in [-0.25, -0.2) is 9.50 Å². The molecule has 0 bridgehead atoms. The van der Waals surface area contributed by atoms with Gasteiger partial charge in [-0.2, -0.15) is 4.98 Å². The first-order valence-electron chi connectivity index (χ1n) is 8.25. The number of aromatic nitrogens is 4. The third-order valence-electron chi connectivity index (χ3n) is 3.92. The number of ether oxygens (including phenoxy) is 1. The predicted octanol–water partition coefficient (Wildman–Crippen LogP) is 3.00. The molecule has 2 aromatic heterocycles. The molecule has 2 heterocycles. The zero-order chi connectivity index (χ0) is 17.8. The number of fused-ring (bicyclic) bond motifs is 1. The Morgan fingerprint density at radius 1 is 0.962 bits per heavy atom. The molecule has 6 heteroatoms. The smallest absolute Gasteiger partial charge is 0.314 e. The highest BCUT2D eigenvalue weighted by Gasteiger charge is 2.20. The summed E-state index contributed by atoms with van der Waals surface area (Å²) in [7, 11) is 0. The maximum atomic E-state index is 12.5. The Kier molecular flexibility index (Phi) is 4.38. The van der Waals surface area contributed by atoms with Crippen LogP contribution in [-0.2, 0) is 16.0 Å². The summed E-state index contributed by atoms with van der Waals surface area (Å²) in [4.78, 5) is 20.9. The van der Waals surface area contributed by atoms with Gasteiger partial charge >= 0.3 is 5.97 Å². The van der Waals surface area contributed by atoms with Gasteiger partial charge in [0.25, 0.3) is 5.78 Å². The molecule has 0 N–H and O–H groups in total. The summed E-state index contributed by atoms with van der Waals surface area (Å²) >= 11 is 0. The van der Waals surface area contributed by atoms with Crippen LogP contribution in [0.5, 0.6) is 0 Å². The minimum Gasteiger partial charge on any atom is -0.452 e. The van der Waals surface area contributed by atoms with Gasteiger partial charge in [0.2, 0.25) is 0 Å². The zero-order valence-electron chi connectivity index (χ0n) is 13.9. The molecule has 128 valence electrons. The first kappa shape index (κ1) is 16.0. The summed E-state index contributed by atoms with van der Waals surface area (Å²) in [5, 5.41) is 4.25. The summed E-state index contributed by atoms with van der Waals surface area (Å²) in [5.74, 6) is 0.449. The zero-order valence-corrected chi connectivity index (χ0v) is 13.9. The Morgan fingerprint density at radius 2 is 1.62 bits per heavy atom. The highest BCUT2D eigenvalue weighted by atomic mass is 16.5. The topological polar surface area (TPSA) is 69.4 Å². The second kappa shape index (κ2) is 7.14. The summed E-state index contributed by atoms with van der Waals surface area (Å²) in [6, 6.07) is 21.1. The van der Waals surface area contributed by atoms with Crippen LogP contribution >= 0.6 is 0 Å². The standard InChI is InChI=1S/C20H16N4O2/c25-18(14-17-22-20-21-12-7-13-24(20)23-17)26-19(15-8-3-1-4-9-15)16-10-5-2-6-11-16/h1-13,19H,14H2. The molecule has 6 nitrogen and oxygen atoms in total. The molecule has 0 saturated heterocycles. The number of hydrogen-bond donors (Lipinski definition) is 0. The normalized spacial score (nSPS) is 11.0. The van der Waals surface area contributed by atoms with Gasteiger partial charge in [0, 0.05) is 12.4 Å². The van der Waals surface area contributed by atoms with Crippen LogP contribution in [0.3, 0.4) is 0 Å². The summed E-state index contributed by atoms with van der Waals surface area (Å²) in [5.41, 5.74) is 1.83. The molecule has 0 aliphatic carbocycles. The fourth-order valence-electron chi connectivity index (χ4n) is 2.74. The molecule has 4 rings (SSSR count). The van der Waals surface area contributed by atoms with Crippen molar-refractivity contribution in [2.75, 3.05) is 0 Å². The molecule has 0 fully saturated rings. The molecule has 26 heavy (non-hydrogen) atoms. The van der Waals surface area contributed by atoms with Gasteiger partial charge in [-0.3, -0.25) is 4.79 Å². The fraction of sp³-hybridized carbons (Fsp3) is 0.100. The van der Waals surface area contributed by atoms with Crippen LogP contribution < -0.4 is 0 Å². The SMILES string of the molecule is O=C(Cc1nc2ncccn2n1)OC(c1ccccc1)c1ccccc1. The van der Waals surface area contributed by atoms with E-state index >= 15 is 0 Å². The van der Waals surface area contributed by atoms with Gasteiger partial charge in [-0.15, -0.1) is 5.10 Å². The van der Waals surface area contributed by atoms with E-state index in [0.29, 0.717) is 11.6 Å². The molecule has 0 saturated carbocycles. The van der Waals surface area contributed by atoms with Crippen LogP contribution in [0, 0.1) is 0 Å². The van der Waals surface area contributed by atoms with Crippen molar-refractivity contribution in [1.82, 2.24) is 19.6 Å². The van der Waals surface area contributed by atoms with Crippen molar-refractivity contribution in [1.29, 1.82) is 0 Å². The summed E-state index contributed by atoms with van der Waals surface area (Å²) in [6.45, 7) is 0. The molecule has 0 atom stereocenters. The molecule has 0 radical (unpaired) electrons. The number of carbonyl (C=O) groups is 1.